The van der Waals surface area contributed by atoms with Crippen LogP contribution in [0.4, 0.5) is 0 Å². The number of hydrogen-bond acceptors (Lipinski definition) is 3. The zero-order valence-electron chi connectivity index (χ0n) is 12.6. The van der Waals surface area contributed by atoms with Crippen LogP contribution in [0.2, 0.25) is 0 Å². The van der Waals surface area contributed by atoms with Crippen LogP contribution in [-0.4, -0.2) is 15.1 Å². The molecule has 21 heavy (non-hydrogen) atoms. The van der Waals surface area contributed by atoms with E-state index in [9.17, 15) is 9.90 Å². The maximum absolute atomic E-state index is 12.1. The molecule has 5 heteroatoms. The summed E-state index contributed by atoms with van der Waals surface area (Å²) in [6.45, 7) is 7.84. The number of H-pyrrole nitrogens is 1. The first kappa shape index (κ1) is 15.8. The molecule has 0 radical (unpaired) electrons. The number of nitrogens with one attached hydrogen (secondary N) is 1. The van der Waals surface area contributed by atoms with Crippen molar-refractivity contribution in [1.29, 1.82) is 0 Å². The second-order valence-corrected chi connectivity index (χ2v) is 6.52. The van der Waals surface area contributed by atoms with E-state index < -0.39 is 0 Å². The number of aromatic nitrogens is 2. The highest BCUT2D eigenvalue weighted by Gasteiger charge is 2.13. The van der Waals surface area contributed by atoms with Gasteiger partial charge >= 0.3 is 0 Å². The number of hydrogen-bond donors (Lipinski definition) is 2. The summed E-state index contributed by atoms with van der Waals surface area (Å²) in [6, 6.07) is 3.65. The summed E-state index contributed by atoms with van der Waals surface area (Å²) >= 11 is 3.31. The zero-order chi connectivity index (χ0) is 15.7. The number of aryl methyl sites for hydroxylation is 2. The maximum Gasteiger partial charge on any atom is 0.265 e. The first-order chi connectivity index (χ1) is 9.79. The van der Waals surface area contributed by atoms with Crippen molar-refractivity contribution in [2.24, 2.45) is 5.92 Å². The quantitative estimate of drug-likeness (QED) is 0.886. The van der Waals surface area contributed by atoms with E-state index in [1.54, 1.807) is 0 Å². The smallest absolute Gasteiger partial charge is 0.265 e. The van der Waals surface area contributed by atoms with E-state index in [1.807, 2.05) is 26.0 Å². The van der Waals surface area contributed by atoms with Crippen LogP contribution < -0.4 is 5.56 Å². The highest BCUT2D eigenvalue weighted by molar-refractivity contribution is 9.10. The number of aromatic hydroxyl groups is 1. The minimum absolute atomic E-state index is 0.181. The normalized spacial score (nSPS) is 11.1. The van der Waals surface area contributed by atoms with E-state index in [2.05, 4.69) is 39.7 Å². The van der Waals surface area contributed by atoms with Gasteiger partial charge in [0.2, 0.25) is 0 Å². The van der Waals surface area contributed by atoms with Crippen LogP contribution in [-0.2, 0) is 6.42 Å². The Labute approximate surface area is 132 Å². The van der Waals surface area contributed by atoms with Gasteiger partial charge in [-0.25, -0.2) is 4.98 Å². The van der Waals surface area contributed by atoms with E-state index >= 15 is 0 Å². The fraction of sp³-hybridized carbons (Fsp3) is 0.375. The first-order valence-electron chi connectivity index (χ1n) is 6.89. The van der Waals surface area contributed by atoms with Crippen LogP contribution in [0.3, 0.4) is 0 Å². The van der Waals surface area contributed by atoms with Gasteiger partial charge in [0, 0.05) is 5.56 Å². The van der Waals surface area contributed by atoms with Gasteiger partial charge in [-0.2, -0.15) is 0 Å². The molecule has 0 aliphatic carbocycles. The third-order valence-electron chi connectivity index (χ3n) is 3.30. The number of rotatable bonds is 3. The Morgan fingerprint density at radius 1 is 1.29 bits per heavy atom. The summed E-state index contributed by atoms with van der Waals surface area (Å²) < 4.78 is 0.493. The molecule has 4 nitrogen and oxygen atoms in total. The van der Waals surface area contributed by atoms with Crippen molar-refractivity contribution in [3.63, 3.8) is 0 Å². The molecule has 0 fully saturated rings. The predicted octanol–water partition coefficient (Wildman–Crippen LogP) is 3.72. The van der Waals surface area contributed by atoms with Gasteiger partial charge in [-0.3, -0.25) is 4.79 Å². The minimum Gasteiger partial charge on any atom is -0.507 e. The Balaban J connectivity index is 2.59. The number of phenols is 1. The summed E-state index contributed by atoms with van der Waals surface area (Å²) in [5, 5.41) is 9.85. The maximum atomic E-state index is 12.1. The molecule has 112 valence electrons. The summed E-state index contributed by atoms with van der Waals surface area (Å²) in [7, 11) is 0. The second-order valence-electron chi connectivity index (χ2n) is 5.73. The number of halogens is 1. The lowest BCUT2D eigenvalue weighted by molar-refractivity contribution is 0.467. The molecule has 0 spiro atoms. The monoisotopic (exact) mass is 350 g/mol. The predicted molar refractivity (Wildman–Crippen MR) is 87.7 cm³/mol. The lowest BCUT2D eigenvalue weighted by Crippen LogP contribution is -2.15. The number of nitrogens with zero attached hydrogens (tertiary/aromatic N) is 1. The third-order valence-corrected chi connectivity index (χ3v) is 4.12. The zero-order valence-corrected chi connectivity index (χ0v) is 14.2. The van der Waals surface area contributed by atoms with Crippen molar-refractivity contribution in [3.8, 4) is 17.1 Å². The van der Waals surface area contributed by atoms with Crippen molar-refractivity contribution in [1.82, 2.24) is 9.97 Å². The average molecular weight is 351 g/mol. The molecule has 0 saturated heterocycles. The van der Waals surface area contributed by atoms with E-state index in [0.29, 0.717) is 16.2 Å². The lowest BCUT2D eigenvalue weighted by atomic mass is 10.0. The van der Waals surface area contributed by atoms with Gasteiger partial charge in [0.15, 0.2) is 0 Å². The molecule has 0 saturated carbocycles. The molecule has 0 aliphatic heterocycles. The Morgan fingerprint density at radius 2 is 1.86 bits per heavy atom. The fourth-order valence-corrected chi connectivity index (χ4v) is 2.61. The number of phenolic OH excluding ortho intramolecular Hbond substituents is 1. The largest absolute Gasteiger partial charge is 0.507 e. The Hall–Kier alpha value is -1.62. The van der Waals surface area contributed by atoms with Gasteiger partial charge in [0.05, 0.1) is 5.69 Å². The van der Waals surface area contributed by atoms with E-state index in [0.717, 1.165) is 28.8 Å². The van der Waals surface area contributed by atoms with Gasteiger partial charge in [-0.15, -0.1) is 0 Å². The Bertz CT molecular complexity index is 713. The molecule has 2 aromatic rings. The van der Waals surface area contributed by atoms with Crippen molar-refractivity contribution in [3.05, 3.63) is 43.8 Å². The van der Waals surface area contributed by atoms with Crippen LogP contribution in [0, 0.1) is 19.8 Å². The fourth-order valence-electron chi connectivity index (χ4n) is 2.26. The van der Waals surface area contributed by atoms with Crippen molar-refractivity contribution >= 4 is 15.9 Å². The third kappa shape index (κ3) is 3.35. The molecule has 1 aromatic carbocycles. The molecule has 0 atom stereocenters. The first-order valence-corrected chi connectivity index (χ1v) is 7.68. The highest BCUT2D eigenvalue weighted by atomic mass is 79.9. The van der Waals surface area contributed by atoms with Gasteiger partial charge in [0.1, 0.15) is 16.0 Å². The minimum atomic E-state index is -0.181. The molecule has 0 unspecified atom stereocenters. The van der Waals surface area contributed by atoms with Crippen LogP contribution in [0.5, 0.6) is 5.75 Å². The molecule has 1 aromatic heterocycles. The summed E-state index contributed by atoms with van der Waals surface area (Å²) in [5.41, 5.74) is 2.91. The van der Waals surface area contributed by atoms with E-state index in [1.165, 1.54) is 0 Å². The van der Waals surface area contributed by atoms with Gasteiger partial charge in [0.25, 0.3) is 5.56 Å². The van der Waals surface area contributed by atoms with Crippen LogP contribution in [0.25, 0.3) is 11.4 Å². The SMILES string of the molecule is Cc1cc(-c2nc(CC(C)C)c(Br)c(=O)[nH]2)cc(C)c1O. The second kappa shape index (κ2) is 6.02. The summed E-state index contributed by atoms with van der Waals surface area (Å²) in [5.74, 6) is 1.22. The van der Waals surface area contributed by atoms with E-state index in [-0.39, 0.29) is 11.3 Å². The molecule has 2 N–H and O–H groups in total. The summed E-state index contributed by atoms with van der Waals surface area (Å²) in [4.78, 5) is 19.4. The topological polar surface area (TPSA) is 66.0 Å². The molecular formula is C16H19BrN2O2. The standard InChI is InChI=1S/C16H19BrN2O2/c1-8(2)5-12-13(17)16(21)19-15(18-12)11-6-9(3)14(20)10(4)7-11/h6-8,20H,5H2,1-4H3,(H,18,19,21). The van der Waals surface area contributed by atoms with Crippen LogP contribution in [0.15, 0.2) is 21.4 Å². The average Bonchev–Trinajstić information content (AvgIpc) is 2.39. The lowest BCUT2D eigenvalue weighted by Gasteiger charge is -2.11. The molecule has 1 heterocycles. The van der Waals surface area contributed by atoms with Crippen LogP contribution >= 0.6 is 15.9 Å². The Kier molecular flexibility index (Phi) is 4.52. The molecular weight excluding hydrogens is 332 g/mol. The Morgan fingerprint density at radius 3 is 2.38 bits per heavy atom. The van der Waals surface area contributed by atoms with Crippen molar-refractivity contribution in [2.75, 3.05) is 0 Å². The van der Waals surface area contributed by atoms with Gasteiger partial charge in [-0.05, 0) is 65.4 Å². The highest BCUT2D eigenvalue weighted by Crippen LogP contribution is 2.27. The summed E-state index contributed by atoms with van der Waals surface area (Å²) in [6.07, 6.45) is 0.730. The molecule has 0 bridgehead atoms. The van der Waals surface area contributed by atoms with Gasteiger partial charge in [-0.1, -0.05) is 13.8 Å². The molecule has 0 aliphatic rings. The molecule has 0 amide bonds. The number of benzene rings is 1. The van der Waals surface area contributed by atoms with Crippen LogP contribution in [0.1, 0.15) is 30.7 Å². The molecule has 2 rings (SSSR count). The van der Waals surface area contributed by atoms with Crippen molar-refractivity contribution < 1.29 is 5.11 Å². The van der Waals surface area contributed by atoms with Crippen molar-refractivity contribution in [2.45, 2.75) is 34.1 Å². The van der Waals surface area contributed by atoms with Gasteiger partial charge < -0.3 is 10.1 Å². The van der Waals surface area contributed by atoms with E-state index in [4.69, 9.17) is 0 Å². The number of aromatic amines is 1.